The fraction of sp³-hybridized carbons (Fsp3) is 0.462. The van der Waals surface area contributed by atoms with Crippen LogP contribution in [-0.4, -0.2) is 50.1 Å². The van der Waals surface area contributed by atoms with E-state index in [-0.39, 0.29) is 33.9 Å². The van der Waals surface area contributed by atoms with Crippen LogP contribution in [0.25, 0.3) is 0 Å². The van der Waals surface area contributed by atoms with Crippen LogP contribution >= 0.6 is 35.6 Å². The lowest BCUT2D eigenvalue weighted by atomic mass is 10.2. The Bertz CT molecular complexity index is 496. The average Bonchev–Trinajstić information content (AvgIpc) is 2.44. The highest BCUT2D eigenvalue weighted by Gasteiger charge is 2.15. The molecule has 2 rings (SSSR count). The second-order valence-electron chi connectivity index (χ2n) is 4.59. The van der Waals surface area contributed by atoms with Gasteiger partial charge in [-0.2, -0.15) is 0 Å². The Labute approximate surface area is 139 Å². The number of halogens is 4. The Balaban J connectivity index is 0.00000220. The van der Waals surface area contributed by atoms with Crippen LogP contribution in [0.4, 0.5) is 4.39 Å². The summed E-state index contributed by atoms with van der Waals surface area (Å²) in [6.45, 7) is 5.11. The van der Waals surface area contributed by atoms with Crippen molar-refractivity contribution in [2.45, 2.75) is 0 Å². The molecular weight excluding hydrogens is 340 g/mol. The van der Waals surface area contributed by atoms with Gasteiger partial charge in [-0.1, -0.05) is 23.2 Å². The van der Waals surface area contributed by atoms with Gasteiger partial charge in [-0.05, 0) is 12.1 Å². The number of hydrogen-bond acceptors (Lipinski definition) is 3. The summed E-state index contributed by atoms with van der Waals surface area (Å²) in [7, 11) is 0. The molecule has 0 spiro atoms. The van der Waals surface area contributed by atoms with E-state index in [0.717, 1.165) is 38.8 Å². The Kier molecular flexibility index (Phi) is 7.70. The van der Waals surface area contributed by atoms with E-state index in [1.807, 2.05) is 0 Å². The fourth-order valence-corrected chi connectivity index (χ4v) is 2.52. The highest BCUT2D eigenvalue weighted by molar-refractivity contribution is 6.36. The van der Waals surface area contributed by atoms with Gasteiger partial charge in [0, 0.05) is 39.3 Å². The first-order valence-corrected chi connectivity index (χ1v) is 7.19. The SMILES string of the molecule is Cl.O=C(NCCN1CCNCC1)c1cc(F)c(Cl)cc1Cl. The summed E-state index contributed by atoms with van der Waals surface area (Å²) in [5, 5.41) is 6.06. The normalized spacial score (nSPS) is 15.4. The zero-order chi connectivity index (χ0) is 14.5. The lowest BCUT2D eigenvalue weighted by Gasteiger charge is -2.27. The van der Waals surface area contributed by atoms with Crippen LogP contribution in [0.15, 0.2) is 12.1 Å². The van der Waals surface area contributed by atoms with Crippen molar-refractivity contribution in [3.8, 4) is 0 Å². The van der Waals surface area contributed by atoms with Crippen molar-refractivity contribution in [2.75, 3.05) is 39.3 Å². The van der Waals surface area contributed by atoms with Crippen LogP contribution < -0.4 is 10.6 Å². The molecule has 0 aromatic heterocycles. The van der Waals surface area contributed by atoms with Gasteiger partial charge in [0.05, 0.1) is 15.6 Å². The van der Waals surface area contributed by atoms with E-state index >= 15 is 0 Å². The number of piperazine rings is 1. The molecule has 1 amide bonds. The third-order valence-corrected chi connectivity index (χ3v) is 3.78. The van der Waals surface area contributed by atoms with E-state index < -0.39 is 5.82 Å². The molecule has 0 radical (unpaired) electrons. The van der Waals surface area contributed by atoms with Crippen LogP contribution in [0.2, 0.25) is 10.0 Å². The largest absolute Gasteiger partial charge is 0.351 e. The summed E-state index contributed by atoms with van der Waals surface area (Å²) in [4.78, 5) is 14.2. The average molecular weight is 357 g/mol. The minimum atomic E-state index is -0.650. The maximum atomic E-state index is 13.3. The highest BCUT2D eigenvalue weighted by atomic mass is 35.5. The van der Waals surface area contributed by atoms with Crippen LogP contribution in [0.3, 0.4) is 0 Å². The van der Waals surface area contributed by atoms with Crippen LogP contribution in [0.5, 0.6) is 0 Å². The Morgan fingerprint density at radius 1 is 1.29 bits per heavy atom. The van der Waals surface area contributed by atoms with Gasteiger partial charge in [-0.15, -0.1) is 12.4 Å². The number of rotatable bonds is 4. The molecule has 0 saturated carbocycles. The molecule has 1 aromatic carbocycles. The van der Waals surface area contributed by atoms with Gasteiger partial charge in [0.2, 0.25) is 0 Å². The number of nitrogens with one attached hydrogen (secondary N) is 2. The summed E-state index contributed by atoms with van der Waals surface area (Å²) >= 11 is 11.5. The Morgan fingerprint density at radius 2 is 1.95 bits per heavy atom. The van der Waals surface area contributed by atoms with Gasteiger partial charge >= 0.3 is 0 Å². The second kappa shape index (κ2) is 8.76. The molecule has 1 heterocycles. The standard InChI is InChI=1S/C13H16Cl2FN3O.ClH/c14-10-8-11(15)12(16)7-9(10)13(20)18-3-6-19-4-1-17-2-5-19;/h7-8,17H,1-6H2,(H,18,20);1H. The van der Waals surface area contributed by atoms with Gasteiger partial charge in [0.25, 0.3) is 5.91 Å². The Morgan fingerprint density at radius 3 is 2.62 bits per heavy atom. The fourth-order valence-electron chi connectivity index (χ4n) is 2.05. The minimum absolute atomic E-state index is 0. The number of benzene rings is 1. The van der Waals surface area contributed by atoms with Gasteiger partial charge in [-0.3, -0.25) is 9.69 Å². The molecule has 0 atom stereocenters. The van der Waals surface area contributed by atoms with Gasteiger partial charge in [-0.25, -0.2) is 4.39 Å². The summed E-state index contributed by atoms with van der Waals surface area (Å²) in [6.07, 6.45) is 0. The lowest BCUT2D eigenvalue weighted by Crippen LogP contribution is -2.46. The second-order valence-corrected chi connectivity index (χ2v) is 5.41. The van der Waals surface area contributed by atoms with Crippen LogP contribution in [0, 0.1) is 5.82 Å². The minimum Gasteiger partial charge on any atom is -0.351 e. The predicted octanol–water partition coefficient (Wildman–Crippen LogP) is 2.19. The smallest absolute Gasteiger partial charge is 0.252 e. The molecule has 8 heteroatoms. The molecule has 1 aromatic rings. The van der Waals surface area contributed by atoms with Crippen molar-refractivity contribution in [2.24, 2.45) is 0 Å². The van der Waals surface area contributed by atoms with E-state index in [1.54, 1.807) is 0 Å². The number of carbonyl (C=O) groups is 1. The van der Waals surface area contributed by atoms with Crippen LogP contribution in [0.1, 0.15) is 10.4 Å². The number of carbonyl (C=O) groups excluding carboxylic acids is 1. The first kappa shape index (κ1) is 18.5. The zero-order valence-corrected chi connectivity index (χ0v) is 13.6. The molecule has 0 aliphatic carbocycles. The molecule has 0 bridgehead atoms. The van der Waals surface area contributed by atoms with E-state index in [0.29, 0.717) is 6.54 Å². The van der Waals surface area contributed by atoms with Crippen molar-refractivity contribution in [3.05, 3.63) is 33.6 Å². The maximum Gasteiger partial charge on any atom is 0.252 e. The molecule has 1 fully saturated rings. The van der Waals surface area contributed by atoms with Crippen molar-refractivity contribution < 1.29 is 9.18 Å². The molecule has 118 valence electrons. The van der Waals surface area contributed by atoms with Crippen molar-refractivity contribution in [1.82, 2.24) is 15.5 Å². The Hall–Kier alpha value is -0.590. The molecular formula is C13H17Cl3FN3O. The van der Waals surface area contributed by atoms with Crippen molar-refractivity contribution >= 4 is 41.5 Å². The quantitative estimate of drug-likeness (QED) is 0.813. The third kappa shape index (κ3) is 5.27. The van der Waals surface area contributed by atoms with E-state index in [2.05, 4.69) is 15.5 Å². The summed E-state index contributed by atoms with van der Waals surface area (Å²) < 4.78 is 13.3. The van der Waals surface area contributed by atoms with Crippen molar-refractivity contribution in [3.63, 3.8) is 0 Å². The zero-order valence-electron chi connectivity index (χ0n) is 11.3. The monoisotopic (exact) mass is 355 g/mol. The van der Waals surface area contributed by atoms with E-state index in [1.165, 1.54) is 6.07 Å². The summed E-state index contributed by atoms with van der Waals surface area (Å²) in [6, 6.07) is 2.30. The van der Waals surface area contributed by atoms with Gasteiger partial charge < -0.3 is 10.6 Å². The molecule has 2 N–H and O–H groups in total. The molecule has 21 heavy (non-hydrogen) atoms. The number of hydrogen-bond donors (Lipinski definition) is 2. The van der Waals surface area contributed by atoms with E-state index in [4.69, 9.17) is 23.2 Å². The first-order valence-electron chi connectivity index (χ1n) is 6.44. The van der Waals surface area contributed by atoms with Crippen LogP contribution in [-0.2, 0) is 0 Å². The molecule has 1 saturated heterocycles. The molecule has 0 unspecified atom stereocenters. The summed E-state index contributed by atoms with van der Waals surface area (Å²) in [5.74, 6) is -1.04. The first-order chi connectivity index (χ1) is 9.58. The molecule has 1 aliphatic rings. The van der Waals surface area contributed by atoms with Crippen molar-refractivity contribution in [1.29, 1.82) is 0 Å². The molecule has 4 nitrogen and oxygen atoms in total. The summed E-state index contributed by atoms with van der Waals surface area (Å²) in [5.41, 5.74) is 0.105. The number of amides is 1. The topological polar surface area (TPSA) is 44.4 Å². The maximum absolute atomic E-state index is 13.3. The third-order valence-electron chi connectivity index (χ3n) is 3.18. The van der Waals surface area contributed by atoms with E-state index in [9.17, 15) is 9.18 Å². The van der Waals surface area contributed by atoms with Gasteiger partial charge in [0.1, 0.15) is 5.82 Å². The number of nitrogens with zero attached hydrogens (tertiary/aromatic N) is 1. The van der Waals surface area contributed by atoms with Gasteiger partial charge in [0.15, 0.2) is 0 Å². The predicted molar refractivity (Wildman–Crippen MR) is 85.3 cm³/mol. The highest BCUT2D eigenvalue weighted by Crippen LogP contribution is 2.24. The molecule has 1 aliphatic heterocycles. The lowest BCUT2D eigenvalue weighted by molar-refractivity contribution is 0.0947.